The zero-order valence-electron chi connectivity index (χ0n) is 29.3. The van der Waals surface area contributed by atoms with E-state index in [1.165, 1.54) is 16.8 Å². The quantitative estimate of drug-likeness (QED) is 0.374. The van der Waals surface area contributed by atoms with Gasteiger partial charge in [0.05, 0.1) is 17.8 Å². The lowest BCUT2D eigenvalue weighted by molar-refractivity contribution is -0.148. The number of aromatic nitrogens is 2. The number of fused-ring (bicyclic) bond motifs is 4. The topological polar surface area (TPSA) is 187 Å². The van der Waals surface area contributed by atoms with E-state index in [9.17, 15) is 29.4 Å². The molecular formula is C35H52N6O8. The van der Waals surface area contributed by atoms with Gasteiger partial charge in [0.1, 0.15) is 23.9 Å². The van der Waals surface area contributed by atoms with Crippen LogP contribution >= 0.6 is 0 Å². The van der Waals surface area contributed by atoms with Crippen LogP contribution in [0.5, 0.6) is 5.75 Å². The van der Waals surface area contributed by atoms with E-state index in [1.54, 1.807) is 24.3 Å². The summed E-state index contributed by atoms with van der Waals surface area (Å²) in [6, 6.07) is 3.74. The van der Waals surface area contributed by atoms with Crippen LogP contribution in [0.4, 0.5) is 0 Å². The van der Waals surface area contributed by atoms with Gasteiger partial charge in [-0.3, -0.25) is 19.2 Å². The van der Waals surface area contributed by atoms with Crippen molar-refractivity contribution >= 4 is 23.6 Å². The number of likely N-dealkylation sites (N-methyl/N-ethyl adjacent to an activating group) is 1. The van der Waals surface area contributed by atoms with Gasteiger partial charge in [-0.1, -0.05) is 64.2 Å². The minimum absolute atomic E-state index is 0.00207. The Bertz CT molecular complexity index is 1430. The molecule has 0 unspecified atom stereocenters. The molecule has 4 rings (SSSR count). The number of aliphatic hydroxyl groups excluding tert-OH is 2. The Morgan fingerprint density at radius 2 is 1.71 bits per heavy atom. The number of carbonyl (C=O) groups excluding carboxylic acids is 4. The number of β-amino-alcohol motifs (C(OH)–C–C–N with tert-alkyl or cyclic N) is 1. The molecule has 49 heavy (non-hydrogen) atoms. The second kappa shape index (κ2) is 17.6. The van der Waals surface area contributed by atoms with Gasteiger partial charge in [0, 0.05) is 33.0 Å². The first kappa shape index (κ1) is 37.8. The van der Waals surface area contributed by atoms with Crippen LogP contribution in [-0.2, 0) is 27.4 Å². The number of amides is 4. The molecule has 0 spiro atoms. The van der Waals surface area contributed by atoms with Crippen LogP contribution in [0, 0.1) is 11.8 Å². The molecule has 1 aromatic carbocycles. The lowest BCUT2D eigenvalue weighted by Crippen LogP contribution is -2.58. The number of aliphatic hydroxyl groups is 2. The number of nitrogens with one attached hydrogen (secondary N) is 2. The first-order valence-electron chi connectivity index (χ1n) is 17.4. The zero-order chi connectivity index (χ0) is 35.7. The number of rotatable bonds is 3. The minimum Gasteiger partial charge on any atom is -0.485 e. The molecule has 2 aromatic rings. The van der Waals surface area contributed by atoms with Crippen molar-refractivity contribution in [3.05, 3.63) is 41.5 Å². The Kier molecular flexibility index (Phi) is 13.5. The standard InChI is InChI=1S/C35H52N6O8/c1-21(2)16-26-34(46)41-19-24(43)17-27(41)35(47)40(5)31(22(3)4)33(45)36-18-23(42)12-8-6-7-9-15-30-38-29(39-49-30)20-48-28-14-11-10-13-25(28)32(44)37-26/h10-11,13-14,21-24,26-27,31,42-43H,6-9,12,15-20H2,1-5H3,(H,36,45)(H,37,44)/t23-,24-,26+,27+,31-/m0/s1. The molecule has 4 N–H and O–H groups in total. The summed E-state index contributed by atoms with van der Waals surface area (Å²) in [5.41, 5.74) is 0.207. The van der Waals surface area contributed by atoms with Crippen molar-refractivity contribution in [2.24, 2.45) is 11.8 Å². The molecule has 270 valence electrons. The van der Waals surface area contributed by atoms with E-state index in [2.05, 4.69) is 20.8 Å². The summed E-state index contributed by atoms with van der Waals surface area (Å²) in [6.07, 6.45) is 3.03. The van der Waals surface area contributed by atoms with Crippen molar-refractivity contribution in [2.75, 3.05) is 20.1 Å². The number of hydrogen-bond donors (Lipinski definition) is 4. The fraction of sp³-hybridized carbons (Fsp3) is 0.657. The highest BCUT2D eigenvalue weighted by atomic mass is 16.5. The molecule has 14 heteroatoms. The molecule has 1 aromatic heterocycles. The molecule has 0 radical (unpaired) electrons. The molecule has 4 amide bonds. The molecule has 3 heterocycles. The third-order valence-corrected chi connectivity index (χ3v) is 9.01. The fourth-order valence-electron chi connectivity index (χ4n) is 6.53. The van der Waals surface area contributed by atoms with Gasteiger partial charge in [0.25, 0.3) is 5.91 Å². The van der Waals surface area contributed by atoms with E-state index in [-0.39, 0.29) is 55.7 Å². The van der Waals surface area contributed by atoms with Crippen LogP contribution in [0.2, 0.25) is 0 Å². The number of carbonyl (C=O) groups is 4. The van der Waals surface area contributed by atoms with E-state index >= 15 is 0 Å². The lowest BCUT2D eigenvalue weighted by Gasteiger charge is -2.35. The Balaban J connectivity index is 1.62. The van der Waals surface area contributed by atoms with Crippen LogP contribution < -0.4 is 15.4 Å². The maximum Gasteiger partial charge on any atom is 0.255 e. The van der Waals surface area contributed by atoms with E-state index in [0.717, 1.165) is 25.7 Å². The van der Waals surface area contributed by atoms with E-state index in [4.69, 9.17) is 9.26 Å². The Labute approximate surface area is 287 Å². The molecule has 14 nitrogen and oxygen atoms in total. The third kappa shape index (κ3) is 10.2. The maximum absolute atomic E-state index is 14.1. The molecule has 1 fully saturated rings. The van der Waals surface area contributed by atoms with Crippen LogP contribution in [-0.4, -0.2) is 104 Å². The first-order valence-corrected chi connectivity index (χ1v) is 17.4. The van der Waals surface area contributed by atoms with Crippen LogP contribution in [0.25, 0.3) is 0 Å². The Morgan fingerprint density at radius 1 is 0.980 bits per heavy atom. The van der Waals surface area contributed by atoms with Crippen molar-refractivity contribution in [1.82, 2.24) is 30.6 Å². The highest BCUT2D eigenvalue weighted by Gasteiger charge is 2.44. The van der Waals surface area contributed by atoms with Gasteiger partial charge in [-0.2, -0.15) is 4.98 Å². The van der Waals surface area contributed by atoms with E-state index < -0.39 is 54.0 Å². The molecule has 1 saturated heterocycles. The Morgan fingerprint density at radius 3 is 2.45 bits per heavy atom. The molecule has 2 aliphatic heterocycles. The highest BCUT2D eigenvalue weighted by molar-refractivity contribution is 6.00. The number of ether oxygens (including phenoxy) is 1. The molecular weight excluding hydrogens is 632 g/mol. The normalized spacial score (nSPS) is 25.9. The maximum atomic E-state index is 14.1. The van der Waals surface area contributed by atoms with Gasteiger partial charge >= 0.3 is 0 Å². The second-order valence-electron chi connectivity index (χ2n) is 13.9. The van der Waals surface area contributed by atoms with Crippen LogP contribution in [0.15, 0.2) is 28.8 Å². The van der Waals surface area contributed by atoms with E-state index in [0.29, 0.717) is 24.6 Å². The number of para-hydroxylation sites is 1. The second-order valence-corrected chi connectivity index (χ2v) is 13.9. The largest absolute Gasteiger partial charge is 0.485 e. The SMILES string of the molecule is CC(C)C[C@H]1NC(=O)c2ccccc2OCc2noc(n2)CCCCCC[C@H](O)CNC(=O)[C@H](C(C)C)N(C)C(=O)[C@H]2C[C@H](O)CN2C1=O. The van der Waals surface area contributed by atoms with Crippen molar-refractivity contribution in [3.63, 3.8) is 0 Å². The van der Waals surface area contributed by atoms with Crippen LogP contribution in [0.3, 0.4) is 0 Å². The number of nitrogens with zero attached hydrogens (tertiary/aromatic N) is 4. The predicted molar refractivity (Wildman–Crippen MR) is 179 cm³/mol. The van der Waals surface area contributed by atoms with Gasteiger partial charge < -0.3 is 39.9 Å². The predicted octanol–water partition coefficient (Wildman–Crippen LogP) is 2.22. The average Bonchev–Trinajstić information content (AvgIpc) is 3.68. The molecule has 2 bridgehead atoms. The average molecular weight is 685 g/mol. The van der Waals surface area contributed by atoms with Gasteiger partial charge in [0.2, 0.25) is 29.4 Å². The molecule has 0 aliphatic carbocycles. The van der Waals surface area contributed by atoms with E-state index in [1.807, 2.05) is 27.7 Å². The van der Waals surface area contributed by atoms with Crippen molar-refractivity contribution in [2.45, 2.75) is 116 Å². The minimum atomic E-state index is -1.03. The monoisotopic (exact) mass is 684 g/mol. The fourth-order valence-corrected chi connectivity index (χ4v) is 6.53. The third-order valence-electron chi connectivity index (χ3n) is 9.01. The first-order chi connectivity index (χ1) is 23.3. The summed E-state index contributed by atoms with van der Waals surface area (Å²) >= 11 is 0. The van der Waals surface area contributed by atoms with Gasteiger partial charge in [0.15, 0.2) is 6.61 Å². The van der Waals surface area contributed by atoms with Gasteiger partial charge in [-0.25, -0.2) is 0 Å². The van der Waals surface area contributed by atoms with Gasteiger partial charge in [-0.15, -0.1) is 0 Å². The summed E-state index contributed by atoms with van der Waals surface area (Å²) in [5.74, 6) is -1.13. The summed E-state index contributed by atoms with van der Waals surface area (Å²) in [4.78, 5) is 62.2. The van der Waals surface area contributed by atoms with Crippen molar-refractivity contribution in [1.29, 1.82) is 0 Å². The summed E-state index contributed by atoms with van der Waals surface area (Å²) in [6.45, 7) is 7.40. The van der Waals surface area contributed by atoms with Crippen molar-refractivity contribution < 1.29 is 38.7 Å². The number of hydrogen-bond acceptors (Lipinski definition) is 10. The summed E-state index contributed by atoms with van der Waals surface area (Å²) < 4.78 is 11.3. The van der Waals surface area contributed by atoms with Crippen LogP contribution in [0.1, 0.15) is 94.7 Å². The molecule has 5 atom stereocenters. The smallest absolute Gasteiger partial charge is 0.255 e. The molecule has 2 aliphatic rings. The number of aryl methyl sites for hydroxylation is 1. The number of benzene rings is 1. The lowest BCUT2D eigenvalue weighted by atomic mass is 9.99. The summed E-state index contributed by atoms with van der Waals surface area (Å²) in [7, 11) is 1.52. The molecule has 0 saturated carbocycles. The van der Waals surface area contributed by atoms with Crippen molar-refractivity contribution in [3.8, 4) is 5.75 Å². The zero-order valence-corrected chi connectivity index (χ0v) is 29.3. The Hall–Kier alpha value is -4.04. The highest BCUT2D eigenvalue weighted by Crippen LogP contribution is 2.25. The van der Waals surface area contributed by atoms with Gasteiger partial charge in [-0.05, 0) is 43.2 Å². The summed E-state index contributed by atoms with van der Waals surface area (Å²) in [5, 5.41) is 30.9.